The number of carbonyl (C=O) groups is 2. The molecule has 0 aromatic heterocycles. The highest BCUT2D eigenvalue weighted by Gasteiger charge is 2.36. The quantitative estimate of drug-likeness (QED) is 0.840. The molecule has 25 heavy (non-hydrogen) atoms. The molecule has 0 spiro atoms. The maximum atomic E-state index is 12.2. The van der Waals surface area contributed by atoms with Gasteiger partial charge < -0.3 is 14.8 Å². The van der Waals surface area contributed by atoms with Crippen molar-refractivity contribution in [2.75, 3.05) is 5.32 Å². The first kappa shape index (κ1) is 17.0. The van der Waals surface area contributed by atoms with E-state index in [0.717, 1.165) is 16.8 Å². The number of cyclic esters (lactones) is 1. The van der Waals surface area contributed by atoms with Gasteiger partial charge in [0.1, 0.15) is 5.70 Å². The molecule has 0 radical (unpaired) electrons. The lowest BCUT2D eigenvalue weighted by Crippen LogP contribution is -2.24. The molecule has 0 saturated heterocycles. The first-order chi connectivity index (χ1) is 12.0. The number of ether oxygens (including phenoxy) is 2. The fourth-order valence-electron chi connectivity index (χ4n) is 2.33. The van der Waals surface area contributed by atoms with Crippen LogP contribution >= 0.6 is 11.6 Å². The van der Waals surface area contributed by atoms with Crippen LogP contribution in [-0.4, -0.2) is 18.2 Å². The van der Waals surface area contributed by atoms with E-state index in [1.54, 1.807) is 30.3 Å². The molecule has 128 valence electrons. The average Bonchev–Trinajstić information content (AvgIpc) is 2.86. The number of esters is 2. The largest absolute Gasteiger partial charge is 0.415 e. The second-order valence-corrected chi connectivity index (χ2v) is 6.04. The van der Waals surface area contributed by atoms with Crippen molar-refractivity contribution in [2.24, 2.45) is 0 Å². The normalized spacial score (nSPS) is 16.6. The second-order valence-electron chi connectivity index (χ2n) is 5.66. The van der Waals surface area contributed by atoms with Crippen molar-refractivity contribution < 1.29 is 19.1 Å². The Morgan fingerprint density at radius 3 is 2.52 bits per heavy atom. The van der Waals surface area contributed by atoms with Gasteiger partial charge in [-0.3, -0.25) is 0 Å². The van der Waals surface area contributed by atoms with Crippen LogP contribution in [0.25, 0.3) is 0 Å². The van der Waals surface area contributed by atoms with Crippen LogP contribution in [0.2, 0.25) is 0 Å². The van der Waals surface area contributed by atoms with Crippen LogP contribution in [0.1, 0.15) is 21.5 Å². The highest BCUT2D eigenvalue weighted by Crippen LogP contribution is 2.29. The smallest absolute Gasteiger partial charge is 0.355 e. The summed E-state index contributed by atoms with van der Waals surface area (Å²) in [7, 11) is 0. The summed E-state index contributed by atoms with van der Waals surface area (Å²) in [4.78, 5) is 24.0. The van der Waals surface area contributed by atoms with E-state index in [0.29, 0.717) is 5.56 Å². The fourth-order valence-corrected chi connectivity index (χ4v) is 2.51. The molecule has 0 amide bonds. The van der Waals surface area contributed by atoms with Crippen molar-refractivity contribution >= 4 is 29.2 Å². The summed E-state index contributed by atoms with van der Waals surface area (Å²) >= 11 is 6.03. The molecule has 1 aliphatic heterocycles. The summed E-state index contributed by atoms with van der Waals surface area (Å²) in [6, 6.07) is 14.1. The van der Waals surface area contributed by atoms with Crippen LogP contribution < -0.4 is 5.32 Å². The predicted octanol–water partition coefficient (Wildman–Crippen LogP) is 3.91. The SMILES string of the molecule is Cc1ccc(NC2=C(Cl)C(=O)O[C@H]2OC(=O)c2ccccc2)cc1C. The van der Waals surface area contributed by atoms with E-state index in [9.17, 15) is 9.59 Å². The Hall–Kier alpha value is -2.79. The Labute approximate surface area is 150 Å². The zero-order valence-electron chi connectivity index (χ0n) is 13.7. The molecule has 6 heteroatoms. The summed E-state index contributed by atoms with van der Waals surface area (Å²) in [6.07, 6.45) is -1.21. The van der Waals surface area contributed by atoms with Crippen LogP contribution in [0.15, 0.2) is 59.3 Å². The zero-order valence-corrected chi connectivity index (χ0v) is 14.5. The summed E-state index contributed by atoms with van der Waals surface area (Å²) in [6.45, 7) is 3.97. The van der Waals surface area contributed by atoms with Gasteiger partial charge in [-0.25, -0.2) is 9.59 Å². The standard InChI is InChI=1S/C19H16ClNO4/c1-11-8-9-14(10-12(11)2)21-16-15(20)18(23)25-19(16)24-17(22)13-6-4-3-5-7-13/h3-10,19,21H,1-2H3/t19-/m1/s1. The van der Waals surface area contributed by atoms with E-state index in [-0.39, 0.29) is 10.7 Å². The lowest BCUT2D eigenvalue weighted by atomic mass is 10.1. The number of aryl methyl sites for hydroxylation is 2. The minimum Gasteiger partial charge on any atom is -0.415 e. The van der Waals surface area contributed by atoms with Crippen LogP contribution in [0.3, 0.4) is 0 Å². The maximum absolute atomic E-state index is 12.2. The third kappa shape index (κ3) is 3.67. The molecule has 1 aliphatic rings. The number of benzene rings is 2. The van der Waals surface area contributed by atoms with E-state index in [2.05, 4.69) is 5.32 Å². The highest BCUT2D eigenvalue weighted by molar-refractivity contribution is 6.42. The number of halogens is 1. The van der Waals surface area contributed by atoms with Gasteiger partial charge in [-0.1, -0.05) is 35.9 Å². The van der Waals surface area contributed by atoms with Crippen molar-refractivity contribution in [1.29, 1.82) is 0 Å². The van der Waals surface area contributed by atoms with Gasteiger partial charge >= 0.3 is 11.9 Å². The lowest BCUT2D eigenvalue weighted by Gasteiger charge is -2.17. The van der Waals surface area contributed by atoms with Crippen molar-refractivity contribution in [3.63, 3.8) is 0 Å². The van der Waals surface area contributed by atoms with Gasteiger partial charge in [0.25, 0.3) is 6.29 Å². The minimum absolute atomic E-state index is 0.135. The Kier molecular flexibility index (Phi) is 4.76. The molecule has 1 heterocycles. The molecular weight excluding hydrogens is 342 g/mol. The van der Waals surface area contributed by atoms with Crippen LogP contribution in [0, 0.1) is 13.8 Å². The number of nitrogens with one attached hydrogen (secondary N) is 1. The molecule has 1 atom stereocenters. The van der Waals surface area contributed by atoms with Crippen molar-refractivity contribution in [1.82, 2.24) is 0 Å². The molecule has 3 rings (SSSR count). The monoisotopic (exact) mass is 357 g/mol. The van der Waals surface area contributed by atoms with Gasteiger partial charge in [0.2, 0.25) is 0 Å². The Bertz CT molecular complexity index is 861. The van der Waals surface area contributed by atoms with Gasteiger partial charge in [-0.2, -0.15) is 0 Å². The predicted molar refractivity (Wildman–Crippen MR) is 94.2 cm³/mol. The van der Waals surface area contributed by atoms with Gasteiger partial charge in [0.05, 0.1) is 5.56 Å². The minimum atomic E-state index is -1.21. The number of hydrogen-bond donors (Lipinski definition) is 1. The molecule has 0 unspecified atom stereocenters. The third-order valence-corrected chi connectivity index (χ3v) is 4.23. The van der Waals surface area contributed by atoms with E-state index >= 15 is 0 Å². The third-order valence-electron chi connectivity index (χ3n) is 3.87. The fraction of sp³-hybridized carbons (Fsp3) is 0.158. The van der Waals surface area contributed by atoms with Gasteiger partial charge in [0, 0.05) is 5.69 Å². The highest BCUT2D eigenvalue weighted by atomic mass is 35.5. The number of hydrogen-bond acceptors (Lipinski definition) is 5. The first-order valence-corrected chi connectivity index (χ1v) is 8.04. The number of anilines is 1. The van der Waals surface area contributed by atoms with Crippen molar-refractivity contribution in [3.8, 4) is 0 Å². The van der Waals surface area contributed by atoms with Crippen LogP contribution in [0.5, 0.6) is 0 Å². The molecule has 0 aliphatic carbocycles. The molecule has 0 fully saturated rings. The number of rotatable bonds is 4. The lowest BCUT2D eigenvalue weighted by molar-refractivity contribution is -0.152. The molecular formula is C19H16ClNO4. The molecule has 5 nitrogen and oxygen atoms in total. The van der Waals surface area contributed by atoms with E-state index in [1.807, 2.05) is 32.0 Å². The first-order valence-electron chi connectivity index (χ1n) is 7.66. The molecule has 2 aromatic carbocycles. The molecule has 2 aromatic rings. The molecule has 0 saturated carbocycles. The summed E-state index contributed by atoms with van der Waals surface area (Å²) in [5, 5.41) is 2.89. The van der Waals surface area contributed by atoms with E-state index in [1.165, 1.54) is 0 Å². The second kappa shape index (κ2) is 6.99. The van der Waals surface area contributed by atoms with Crippen LogP contribution in [0.4, 0.5) is 5.69 Å². The summed E-state index contributed by atoms with van der Waals surface area (Å²) in [5.41, 5.74) is 3.49. The summed E-state index contributed by atoms with van der Waals surface area (Å²) in [5.74, 6) is -1.34. The van der Waals surface area contributed by atoms with E-state index < -0.39 is 18.2 Å². The topological polar surface area (TPSA) is 64.6 Å². The molecule has 0 bridgehead atoms. The Morgan fingerprint density at radius 1 is 1.12 bits per heavy atom. The van der Waals surface area contributed by atoms with Gasteiger partial charge in [-0.05, 0) is 49.2 Å². The number of carbonyl (C=O) groups excluding carboxylic acids is 2. The summed E-state index contributed by atoms with van der Waals surface area (Å²) < 4.78 is 10.3. The average molecular weight is 358 g/mol. The van der Waals surface area contributed by atoms with Crippen molar-refractivity contribution in [3.05, 3.63) is 76.0 Å². The van der Waals surface area contributed by atoms with Gasteiger partial charge in [-0.15, -0.1) is 0 Å². The molecule has 1 N–H and O–H groups in total. The van der Waals surface area contributed by atoms with Crippen LogP contribution in [-0.2, 0) is 14.3 Å². The maximum Gasteiger partial charge on any atom is 0.355 e. The van der Waals surface area contributed by atoms with Gasteiger partial charge in [0.15, 0.2) is 5.03 Å². The van der Waals surface area contributed by atoms with E-state index in [4.69, 9.17) is 21.1 Å². The Balaban J connectivity index is 1.81. The van der Waals surface area contributed by atoms with Crippen molar-refractivity contribution in [2.45, 2.75) is 20.1 Å². The Morgan fingerprint density at radius 2 is 1.84 bits per heavy atom. The zero-order chi connectivity index (χ0) is 18.0.